The number of hydrogen-bond acceptors (Lipinski definition) is 7. The van der Waals surface area contributed by atoms with Crippen LogP contribution >= 0.6 is 0 Å². The fourth-order valence-corrected chi connectivity index (χ4v) is 3.27. The first kappa shape index (κ1) is 20.4. The van der Waals surface area contributed by atoms with Crippen LogP contribution in [0.15, 0.2) is 42.9 Å². The van der Waals surface area contributed by atoms with Crippen molar-refractivity contribution in [2.75, 3.05) is 31.5 Å². The van der Waals surface area contributed by atoms with E-state index in [2.05, 4.69) is 30.7 Å². The molecule has 10 nitrogen and oxygen atoms in total. The highest BCUT2D eigenvalue weighted by molar-refractivity contribution is 6.05. The van der Waals surface area contributed by atoms with Crippen LogP contribution in [-0.4, -0.2) is 51.5 Å². The Bertz CT molecular complexity index is 1210. The number of amides is 1. The standard InChI is InChI=1S/C21H23N7O3/c1-28-12-17(20(27-28)31-3)26-21-22-9-7-15(25-21)14-11-23-19-13(14)5-4-6-16(19)24-18(29)8-10-30-2/h4-7,9,11-12,23H,8,10H2,1-3H3,(H,24,29)(H,22,25,26). The number of nitrogens with one attached hydrogen (secondary N) is 3. The van der Waals surface area contributed by atoms with Crippen molar-refractivity contribution in [1.29, 1.82) is 0 Å². The maximum Gasteiger partial charge on any atom is 0.256 e. The molecule has 0 aliphatic rings. The molecule has 3 N–H and O–H groups in total. The molecular formula is C21H23N7O3. The summed E-state index contributed by atoms with van der Waals surface area (Å²) in [5.41, 5.74) is 3.82. The third-order valence-corrected chi connectivity index (χ3v) is 4.69. The summed E-state index contributed by atoms with van der Waals surface area (Å²) < 4.78 is 11.9. The molecule has 160 valence electrons. The lowest BCUT2D eigenvalue weighted by Crippen LogP contribution is -2.13. The molecule has 0 saturated carbocycles. The van der Waals surface area contributed by atoms with E-state index in [0.29, 0.717) is 36.2 Å². The van der Waals surface area contributed by atoms with Gasteiger partial charge in [-0.3, -0.25) is 9.48 Å². The van der Waals surface area contributed by atoms with Gasteiger partial charge in [-0.1, -0.05) is 12.1 Å². The zero-order chi connectivity index (χ0) is 21.8. The van der Waals surface area contributed by atoms with E-state index in [0.717, 1.165) is 22.2 Å². The Morgan fingerprint density at radius 2 is 2.10 bits per heavy atom. The molecule has 0 bridgehead atoms. The maximum absolute atomic E-state index is 12.1. The van der Waals surface area contributed by atoms with Crippen LogP contribution in [-0.2, 0) is 16.6 Å². The van der Waals surface area contributed by atoms with Crippen LogP contribution < -0.4 is 15.4 Å². The Balaban J connectivity index is 1.63. The van der Waals surface area contributed by atoms with Gasteiger partial charge in [0.1, 0.15) is 5.69 Å². The minimum Gasteiger partial charge on any atom is -0.478 e. The molecule has 0 fully saturated rings. The van der Waals surface area contributed by atoms with Crippen LogP contribution in [0.25, 0.3) is 22.2 Å². The molecule has 0 spiro atoms. The van der Waals surface area contributed by atoms with Gasteiger partial charge in [-0.05, 0) is 12.1 Å². The lowest BCUT2D eigenvalue weighted by Gasteiger charge is -2.07. The number of nitrogens with zero attached hydrogens (tertiary/aromatic N) is 4. The van der Waals surface area contributed by atoms with Gasteiger partial charge in [0.25, 0.3) is 5.88 Å². The summed E-state index contributed by atoms with van der Waals surface area (Å²) in [7, 11) is 4.94. The van der Waals surface area contributed by atoms with Gasteiger partial charge in [-0.15, -0.1) is 5.10 Å². The molecule has 0 aliphatic heterocycles. The van der Waals surface area contributed by atoms with Crippen molar-refractivity contribution < 1.29 is 14.3 Å². The van der Waals surface area contributed by atoms with Crippen molar-refractivity contribution in [2.45, 2.75) is 6.42 Å². The first-order valence-electron chi connectivity index (χ1n) is 9.66. The van der Waals surface area contributed by atoms with Crippen molar-refractivity contribution in [3.05, 3.63) is 42.9 Å². The second kappa shape index (κ2) is 8.84. The van der Waals surface area contributed by atoms with E-state index >= 15 is 0 Å². The Morgan fingerprint density at radius 1 is 1.23 bits per heavy atom. The fraction of sp³-hybridized carbons (Fsp3) is 0.238. The van der Waals surface area contributed by atoms with Crippen LogP contribution in [0, 0.1) is 0 Å². The summed E-state index contributed by atoms with van der Waals surface area (Å²) in [6, 6.07) is 7.56. The number of aromatic amines is 1. The van der Waals surface area contributed by atoms with Gasteiger partial charge >= 0.3 is 0 Å². The second-order valence-corrected chi connectivity index (χ2v) is 6.84. The number of aromatic nitrogens is 5. The Hall–Kier alpha value is -3.92. The van der Waals surface area contributed by atoms with E-state index in [-0.39, 0.29) is 5.91 Å². The molecule has 0 saturated heterocycles. The fourth-order valence-electron chi connectivity index (χ4n) is 3.27. The predicted molar refractivity (Wildman–Crippen MR) is 117 cm³/mol. The van der Waals surface area contributed by atoms with Crippen LogP contribution in [0.1, 0.15) is 6.42 Å². The second-order valence-electron chi connectivity index (χ2n) is 6.84. The van der Waals surface area contributed by atoms with E-state index in [9.17, 15) is 4.79 Å². The lowest BCUT2D eigenvalue weighted by atomic mass is 10.1. The first-order chi connectivity index (χ1) is 15.1. The number of aryl methyl sites for hydroxylation is 1. The summed E-state index contributed by atoms with van der Waals surface area (Å²) >= 11 is 0. The largest absolute Gasteiger partial charge is 0.478 e. The average molecular weight is 421 g/mol. The summed E-state index contributed by atoms with van der Waals surface area (Å²) in [6.07, 6.45) is 5.63. The number of H-pyrrole nitrogens is 1. The molecule has 0 atom stereocenters. The topological polar surface area (TPSA) is 119 Å². The maximum atomic E-state index is 12.1. The zero-order valence-corrected chi connectivity index (χ0v) is 17.5. The van der Waals surface area contributed by atoms with Gasteiger partial charge in [0.2, 0.25) is 11.9 Å². The molecule has 0 unspecified atom stereocenters. The predicted octanol–water partition coefficient (Wildman–Crippen LogP) is 3.09. The molecule has 0 radical (unpaired) electrons. The third-order valence-electron chi connectivity index (χ3n) is 4.69. The Labute approximate surface area is 178 Å². The highest BCUT2D eigenvalue weighted by Gasteiger charge is 2.14. The smallest absolute Gasteiger partial charge is 0.256 e. The van der Waals surface area contributed by atoms with Crippen molar-refractivity contribution in [1.82, 2.24) is 24.7 Å². The quantitative estimate of drug-likeness (QED) is 0.400. The van der Waals surface area contributed by atoms with Crippen molar-refractivity contribution in [3.8, 4) is 17.1 Å². The minimum atomic E-state index is -0.107. The molecule has 3 heterocycles. The number of rotatable bonds is 8. The van der Waals surface area contributed by atoms with Crippen molar-refractivity contribution in [3.63, 3.8) is 0 Å². The van der Waals surface area contributed by atoms with Gasteiger partial charge < -0.3 is 25.1 Å². The van der Waals surface area contributed by atoms with E-state index in [1.807, 2.05) is 37.5 Å². The van der Waals surface area contributed by atoms with E-state index in [1.54, 1.807) is 31.3 Å². The average Bonchev–Trinajstić information content (AvgIpc) is 3.36. The number of carbonyl (C=O) groups excluding carboxylic acids is 1. The number of fused-ring (bicyclic) bond motifs is 1. The van der Waals surface area contributed by atoms with Crippen molar-refractivity contribution in [2.24, 2.45) is 7.05 Å². The van der Waals surface area contributed by atoms with Crippen LogP contribution in [0.4, 0.5) is 17.3 Å². The molecule has 3 aromatic heterocycles. The number of hydrogen-bond donors (Lipinski definition) is 3. The van der Waals surface area contributed by atoms with E-state index < -0.39 is 0 Å². The molecule has 0 aliphatic carbocycles. The highest BCUT2D eigenvalue weighted by atomic mass is 16.5. The molecule has 1 aromatic carbocycles. The minimum absolute atomic E-state index is 0.107. The van der Waals surface area contributed by atoms with E-state index in [1.165, 1.54) is 0 Å². The number of methoxy groups -OCH3 is 2. The molecule has 1 amide bonds. The SMILES string of the molecule is COCCC(=O)Nc1cccc2c(-c3ccnc(Nc4cn(C)nc4OC)n3)c[nH]c12. The van der Waals surface area contributed by atoms with Crippen LogP contribution in [0.5, 0.6) is 5.88 Å². The van der Waals surface area contributed by atoms with Gasteiger partial charge in [0.15, 0.2) is 0 Å². The molecule has 31 heavy (non-hydrogen) atoms. The van der Waals surface area contributed by atoms with Gasteiger partial charge in [0.05, 0.1) is 43.2 Å². The zero-order valence-electron chi connectivity index (χ0n) is 17.5. The molecule has 4 aromatic rings. The first-order valence-corrected chi connectivity index (χ1v) is 9.66. The number of benzene rings is 1. The van der Waals surface area contributed by atoms with E-state index in [4.69, 9.17) is 9.47 Å². The van der Waals surface area contributed by atoms with Gasteiger partial charge in [0, 0.05) is 37.5 Å². The summed E-state index contributed by atoms with van der Waals surface area (Å²) in [4.78, 5) is 24.3. The number of ether oxygens (including phenoxy) is 2. The Kier molecular flexibility index (Phi) is 5.80. The molecular weight excluding hydrogens is 398 g/mol. The highest BCUT2D eigenvalue weighted by Crippen LogP contribution is 2.32. The van der Waals surface area contributed by atoms with Gasteiger partial charge in [-0.25, -0.2) is 9.97 Å². The molecule has 10 heteroatoms. The van der Waals surface area contributed by atoms with Gasteiger partial charge in [-0.2, -0.15) is 0 Å². The monoisotopic (exact) mass is 421 g/mol. The third kappa shape index (κ3) is 4.33. The normalized spacial score (nSPS) is 10.9. The number of carbonyl (C=O) groups is 1. The summed E-state index contributed by atoms with van der Waals surface area (Å²) in [6.45, 7) is 0.371. The van der Waals surface area contributed by atoms with Crippen LogP contribution in [0.2, 0.25) is 0 Å². The molecule has 4 rings (SSSR count). The van der Waals surface area contributed by atoms with Crippen molar-refractivity contribution >= 4 is 34.1 Å². The number of anilines is 3. The lowest BCUT2D eigenvalue weighted by molar-refractivity contribution is -0.117. The summed E-state index contributed by atoms with van der Waals surface area (Å²) in [5, 5.41) is 11.2. The summed E-state index contributed by atoms with van der Waals surface area (Å²) in [5.74, 6) is 0.768. The number of para-hydroxylation sites is 1. The van der Waals surface area contributed by atoms with Crippen LogP contribution in [0.3, 0.4) is 0 Å². The Morgan fingerprint density at radius 3 is 2.90 bits per heavy atom.